The molecule has 2 aliphatic rings. The van der Waals surface area contributed by atoms with Crippen LogP contribution in [-0.4, -0.2) is 53.8 Å². The number of para-hydroxylation sites is 1. The number of anilines is 1. The van der Waals surface area contributed by atoms with E-state index in [1.807, 2.05) is 24.3 Å². The molecule has 32 heavy (non-hydrogen) atoms. The van der Waals surface area contributed by atoms with Crippen molar-refractivity contribution in [2.75, 3.05) is 19.5 Å². The highest BCUT2D eigenvalue weighted by Gasteiger charge is 2.39. The molecule has 2 aromatic carbocycles. The summed E-state index contributed by atoms with van der Waals surface area (Å²) in [5, 5.41) is 5.13. The molecule has 2 N–H and O–H groups in total. The molecule has 9 heteroatoms. The van der Waals surface area contributed by atoms with Crippen molar-refractivity contribution in [3.63, 3.8) is 0 Å². The molecule has 0 bridgehead atoms. The predicted molar refractivity (Wildman–Crippen MR) is 116 cm³/mol. The maximum Gasteiger partial charge on any atom is 0.321 e. The van der Waals surface area contributed by atoms with Gasteiger partial charge in [0.25, 0.3) is 5.91 Å². The number of carbonyl (C=O) groups is 4. The molecule has 0 saturated carbocycles. The molecular weight excluding hydrogens is 412 g/mol. The summed E-state index contributed by atoms with van der Waals surface area (Å²) in [6, 6.07) is 11.6. The number of ether oxygens (including phenoxy) is 1. The molecule has 1 atom stereocenters. The Morgan fingerprint density at radius 3 is 2.75 bits per heavy atom. The fourth-order valence-electron chi connectivity index (χ4n) is 4.03. The summed E-state index contributed by atoms with van der Waals surface area (Å²) in [6.07, 6.45) is 0.512. The van der Waals surface area contributed by atoms with Crippen molar-refractivity contribution in [2.45, 2.75) is 32.0 Å². The van der Waals surface area contributed by atoms with Crippen LogP contribution in [0.4, 0.5) is 10.5 Å². The van der Waals surface area contributed by atoms with Crippen molar-refractivity contribution in [3.8, 4) is 5.75 Å². The van der Waals surface area contributed by atoms with Gasteiger partial charge >= 0.3 is 6.03 Å². The van der Waals surface area contributed by atoms with Crippen LogP contribution in [0.25, 0.3) is 0 Å². The van der Waals surface area contributed by atoms with Crippen LogP contribution < -0.4 is 15.4 Å². The van der Waals surface area contributed by atoms with Gasteiger partial charge in [0.05, 0.1) is 13.7 Å². The average molecular weight is 436 g/mol. The first kappa shape index (κ1) is 21.4. The Morgan fingerprint density at radius 1 is 1.22 bits per heavy atom. The topological polar surface area (TPSA) is 108 Å². The largest absolute Gasteiger partial charge is 0.496 e. The van der Waals surface area contributed by atoms with Gasteiger partial charge in [0.1, 0.15) is 11.8 Å². The van der Waals surface area contributed by atoms with Crippen molar-refractivity contribution in [1.82, 2.24) is 15.1 Å². The maximum absolute atomic E-state index is 12.8. The van der Waals surface area contributed by atoms with Crippen LogP contribution >= 0.6 is 0 Å². The van der Waals surface area contributed by atoms with E-state index in [0.29, 0.717) is 30.0 Å². The number of piperidine rings is 1. The van der Waals surface area contributed by atoms with Crippen LogP contribution in [0.1, 0.15) is 34.3 Å². The molecule has 166 valence electrons. The fraction of sp³-hybridized carbons (Fsp3) is 0.304. The standard InChI is InChI=1S/C23H24N4O5/c1-26(12-14-5-3-4-6-19(14)32-2)23(31)24-16-7-8-17-15(11-16)13-27(22(17)30)18-9-10-20(28)25-21(18)29/h3-8,11,18H,9-10,12-13H2,1-2H3,(H,24,31)(H,25,28,29). The average Bonchev–Trinajstić information content (AvgIpc) is 3.09. The SMILES string of the molecule is COc1ccccc1CN(C)C(=O)Nc1ccc2c(c1)CN(C1CCC(=O)NC1=O)C2=O. The number of nitrogens with zero attached hydrogens (tertiary/aromatic N) is 2. The van der Waals surface area contributed by atoms with Crippen molar-refractivity contribution >= 4 is 29.4 Å². The Morgan fingerprint density at radius 2 is 2.00 bits per heavy atom. The normalized spacial score (nSPS) is 17.6. The van der Waals surface area contributed by atoms with E-state index in [9.17, 15) is 19.2 Å². The molecule has 1 unspecified atom stereocenters. The zero-order valence-electron chi connectivity index (χ0n) is 17.9. The number of methoxy groups -OCH3 is 1. The Labute approximate surface area is 185 Å². The minimum absolute atomic E-state index is 0.205. The molecule has 4 rings (SSSR count). The summed E-state index contributed by atoms with van der Waals surface area (Å²) in [6.45, 7) is 0.615. The lowest BCUT2D eigenvalue weighted by Gasteiger charge is -2.29. The van der Waals surface area contributed by atoms with E-state index in [1.165, 1.54) is 9.80 Å². The third-order valence-electron chi connectivity index (χ3n) is 5.72. The van der Waals surface area contributed by atoms with Crippen LogP contribution in [0.2, 0.25) is 0 Å². The second-order valence-electron chi connectivity index (χ2n) is 7.87. The Bertz CT molecular complexity index is 1100. The van der Waals surface area contributed by atoms with E-state index in [0.717, 1.165) is 11.1 Å². The number of amides is 5. The van der Waals surface area contributed by atoms with Gasteiger partial charge < -0.3 is 19.9 Å². The summed E-state index contributed by atoms with van der Waals surface area (Å²) < 4.78 is 5.34. The third-order valence-corrected chi connectivity index (χ3v) is 5.72. The highest BCUT2D eigenvalue weighted by Crippen LogP contribution is 2.29. The number of hydrogen-bond donors (Lipinski definition) is 2. The molecule has 0 aromatic heterocycles. The molecule has 1 fully saturated rings. The lowest BCUT2D eigenvalue weighted by Crippen LogP contribution is -2.52. The van der Waals surface area contributed by atoms with Crippen LogP contribution in [-0.2, 0) is 22.7 Å². The van der Waals surface area contributed by atoms with E-state index in [2.05, 4.69) is 10.6 Å². The molecule has 2 aromatic rings. The van der Waals surface area contributed by atoms with Gasteiger partial charge in [-0.2, -0.15) is 0 Å². The van der Waals surface area contributed by atoms with E-state index < -0.39 is 11.9 Å². The quantitative estimate of drug-likeness (QED) is 0.698. The first-order valence-corrected chi connectivity index (χ1v) is 10.3. The molecule has 9 nitrogen and oxygen atoms in total. The molecule has 0 spiro atoms. The van der Waals surface area contributed by atoms with E-state index >= 15 is 0 Å². The van der Waals surface area contributed by atoms with Gasteiger partial charge in [-0.1, -0.05) is 18.2 Å². The Kier molecular flexibility index (Phi) is 5.81. The van der Waals surface area contributed by atoms with Crippen molar-refractivity contribution in [1.29, 1.82) is 0 Å². The number of imide groups is 1. The summed E-state index contributed by atoms with van der Waals surface area (Å²) >= 11 is 0. The summed E-state index contributed by atoms with van der Waals surface area (Å²) in [4.78, 5) is 52.0. The maximum atomic E-state index is 12.8. The second kappa shape index (κ2) is 8.70. The number of fused-ring (bicyclic) bond motifs is 1. The minimum atomic E-state index is -0.669. The predicted octanol–water partition coefficient (Wildman–Crippen LogP) is 2.12. The number of nitrogens with one attached hydrogen (secondary N) is 2. The van der Waals surface area contributed by atoms with Gasteiger partial charge in [-0.15, -0.1) is 0 Å². The first-order chi connectivity index (χ1) is 15.4. The van der Waals surface area contributed by atoms with E-state index in [4.69, 9.17) is 4.74 Å². The van der Waals surface area contributed by atoms with Crippen LogP contribution in [0.3, 0.4) is 0 Å². The Balaban J connectivity index is 1.43. The molecule has 2 aliphatic heterocycles. The lowest BCUT2D eigenvalue weighted by atomic mass is 10.0. The summed E-state index contributed by atoms with van der Waals surface area (Å²) in [5.74, 6) is -0.316. The fourth-order valence-corrected chi connectivity index (χ4v) is 4.03. The lowest BCUT2D eigenvalue weighted by molar-refractivity contribution is -0.136. The monoisotopic (exact) mass is 436 g/mol. The van der Waals surface area contributed by atoms with Crippen LogP contribution in [0, 0.1) is 0 Å². The van der Waals surface area contributed by atoms with Gasteiger partial charge in [-0.05, 0) is 36.2 Å². The van der Waals surface area contributed by atoms with Gasteiger partial charge in [0.15, 0.2) is 0 Å². The molecule has 1 saturated heterocycles. The number of benzene rings is 2. The van der Waals surface area contributed by atoms with Crippen molar-refractivity contribution in [3.05, 3.63) is 59.2 Å². The zero-order chi connectivity index (χ0) is 22.8. The highest BCUT2D eigenvalue weighted by atomic mass is 16.5. The van der Waals surface area contributed by atoms with E-state index in [-0.39, 0.29) is 30.8 Å². The van der Waals surface area contributed by atoms with Gasteiger partial charge in [0, 0.05) is 36.8 Å². The van der Waals surface area contributed by atoms with Crippen LogP contribution in [0.5, 0.6) is 5.75 Å². The summed E-state index contributed by atoms with van der Waals surface area (Å²) in [5.41, 5.74) is 2.66. The number of urea groups is 1. The minimum Gasteiger partial charge on any atom is -0.496 e. The number of rotatable bonds is 5. The van der Waals surface area contributed by atoms with E-state index in [1.54, 1.807) is 32.4 Å². The van der Waals surface area contributed by atoms with Gasteiger partial charge in [-0.3, -0.25) is 19.7 Å². The molecule has 5 amide bonds. The number of carbonyl (C=O) groups excluding carboxylic acids is 4. The second-order valence-corrected chi connectivity index (χ2v) is 7.87. The molecule has 2 heterocycles. The summed E-state index contributed by atoms with van der Waals surface area (Å²) in [7, 11) is 3.27. The highest BCUT2D eigenvalue weighted by molar-refractivity contribution is 6.05. The molecular formula is C23H24N4O5. The van der Waals surface area contributed by atoms with Crippen LogP contribution in [0.15, 0.2) is 42.5 Å². The smallest absolute Gasteiger partial charge is 0.321 e. The number of hydrogen-bond acceptors (Lipinski definition) is 5. The Hall–Kier alpha value is -3.88. The van der Waals surface area contributed by atoms with Gasteiger partial charge in [-0.25, -0.2) is 4.79 Å². The first-order valence-electron chi connectivity index (χ1n) is 10.3. The van der Waals surface area contributed by atoms with Gasteiger partial charge in [0.2, 0.25) is 11.8 Å². The molecule has 0 radical (unpaired) electrons. The molecule has 0 aliphatic carbocycles. The zero-order valence-corrected chi connectivity index (χ0v) is 17.9. The van der Waals surface area contributed by atoms with Crippen molar-refractivity contribution < 1.29 is 23.9 Å². The van der Waals surface area contributed by atoms with Crippen molar-refractivity contribution in [2.24, 2.45) is 0 Å². The third kappa shape index (κ3) is 4.14.